The lowest BCUT2D eigenvalue weighted by Gasteiger charge is -2.12. The predicted octanol–water partition coefficient (Wildman–Crippen LogP) is 2.43. The van der Waals surface area contributed by atoms with Gasteiger partial charge in [-0.15, -0.1) is 0 Å². The van der Waals surface area contributed by atoms with E-state index in [4.69, 9.17) is 15.0 Å². The second-order valence-corrected chi connectivity index (χ2v) is 1.67. The van der Waals surface area contributed by atoms with E-state index in [1.165, 1.54) is 0 Å². The van der Waals surface area contributed by atoms with Crippen molar-refractivity contribution in [2.24, 2.45) is 0 Å². The number of carbonyl (C=O) groups is 1. The molecule has 0 aliphatic rings. The van der Waals surface area contributed by atoms with Crippen molar-refractivity contribution in [2.45, 2.75) is 19.0 Å². The van der Waals surface area contributed by atoms with Gasteiger partial charge in [-0.3, -0.25) is 0 Å². The van der Waals surface area contributed by atoms with Crippen LogP contribution >= 0.6 is 0 Å². The summed E-state index contributed by atoms with van der Waals surface area (Å²) >= 11 is 0. The third kappa shape index (κ3) is 8.92. The van der Waals surface area contributed by atoms with E-state index in [-0.39, 0.29) is 6.92 Å². The summed E-state index contributed by atoms with van der Waals surface area (Å²) in [5.41, 5.74) is 0. The molecular weight excluding hydrogens is 191 g/mol. The number of hydrogen-bond donors (Lipinski definition) is 2. The maximum absolute atomic E-state index is 11.1. The average molecular weight is 196 g/mol. The highest BCUT2D eigenvalue weighted by molar-refractivity contribution is 5.53. The van der Waals surface area contributed by atoms with Crippen molar-refractivity contribution in [1.82, 2.24) is 0 Å². The van der Waals surface area contributed by atoms with Crippen molar-refractivity contribution in [1.29, 1.82) is 0 Å². The van der Waals surface area contributed by atoms with Crippen LogP contribution in [0.3, 0.4) is 0 Å². The number of alkyl halides is 5. The Labute approximate surface area is 63.4 Å². The van der Waals surface area contributed by atoms with Crippen LogP contribution in [0.1, 0.15) is 6.92 Å². The molecule has 0 radical (unpaired) electrons. The molecule has 0 spiro atoms. The summed E-state index contributed by atoms with van der Waals surface area (Å²) in [5.74, 6) is -4.56. The van der Waals surface area contributed by atoms with Crippen LogP contribution in [-0.2, 0) is 0 Å². The van der Waals surface area contributed by atoms with Gasteiger partial charge in [-0.1, -0.05) is 0 Å². The Kier molecular flexibility index (Phi) is 4.58. The molecule has 0 fully saturated rings. The van der Waals surface area contributed by atoms with Gasteiger partial charge in [0.15, 0.2) is 0 Å². The zero-order valence-electron chi connectivity index (χ0n) is 5.69. The molecule has 8 heteroatoms. The van der Waals surface area contributed by atoms with Gasteiger partial charge in [0.1, 0.15) is 0 Å². The quantitative estimate of drug-likeness (QED) is 0.585. The third-order valence-electron chi connectivity index (χ3n) is 0.498. The molecule has 12 heavy (non-hydrogen) atoms. The van der Waals surface area contributed by atoms with Gasteiger partial charge >= 0.3 is 18.3 Å². The van der Waals surface area contributed by atoms with Crippen LogP contribution in [-0.4, -0.2) is 28.5 Å². The Morgan fingerprint density at radius 2 is 1.17 bits per heavy atom. The van der Waals surface area contributed by atoms with E-state index in [1.807, 2.05) is 0 Å². The fourth-order valence-corrected chi connectivity index (χ4v) is 0. The number of halogens is 5. The van der Waals surface area contributed by atoms with Crippen LogP contribution in [0.2, 0.25) is 0 Å². The SMILES string of the molecule is CC(F)(F)C(F)(F)F.O=C(O)O. The van der Waals surface area contributed by atoms with E-state index in [0.717, 1.165) is 0 Å². The summed E-state index contributed by atoms with van der Waals surface area (Å²) in [6, 6.07) is 0. The van der Waals surface area contributed by atoms with Gasteiger partial charge in [0.05, 0.1) is 0 Å². The first-order chi connectivity index (χ1) is 4.98. The van der Waals surface area contributed by atoms with Crippen LogP contribution in [0.4, 0.5) is 26.7 Å². The highest BCUT2D eigenvalue weighted by Gasteiger charge is 2.52. The molecule has 0 saturated heterocycles. The Bertz CT molecular complexity index is 130. The van der Waals surface area contributed by atoms with Gasteiger partial charge in [-0.05, 0) is 0 Å². The van der Waals surface area contributed by atoms with Crippen molar-refractivity contribution >= 4 is 6.16 Å². The maximum Gasteiger partial charge on any atom is 0.503 e. The minimum absolute atomic E-state index is 0.188. The molecule has 0 heterocycles. The lowest BCUT2D eigenvalue weighted by molar-refractivity contribution is -0.273. The first-order valence-corrected chi connectivity index (χ1v) is 2.35. The second kappa shape index (κ2) is 4.07. The zero-order valence-corrected chi connectivity index (χ0v) is 5.69. The molecule has 0 aliphatic heterocycles. The van der Waals surface area contributed by atoms with Gasteiger partial charge in [-0.25, -0.2) is 4.79 Å². The molecule has 0 amide bonds. The molecule has 0 atom stereocenters. The monoisotopic (exact) mass is 196 g/mol. The topological polar surface area (TPSA) is 57.5 Å². The first-order valence-electron chi connectivity index (χ1n) is 2.35. The highest BCUT2D eigenvalue weighted by Crippen LogP contribution is 2.34. The molecule has 2 N–H and O–H groups in total. The molecule has 0 aromatic heterocycles. The average Bonchev–Trinajstić information content (AvgIpc) is 1.55. The van der Waals surface area contributed by atoms with Crippen LogP contribution in [0, 0.1) is 0 Å². The number of hydrogen-bond acceptors (Lipinski definition) is 1. The smallest absolute Gasteiger partial charge is 0.450 e. The van der Waals surface area contributed by atoms with Gasteiger partial charge in [-0.2, -0.15) is 22.0 Å². The molecule has 0 rings (SSSR count). The molecular formula is C4H5F5O3. The molecule has 74 valence electrons. The predicted molar refractivity (Wildman–Crippen MR) is 27.3 cm³/mol. The number of carboxylic acid groups (broad SMARTS) is 2. The minimum Gasteiger partial charge on any atom is -0.450 e. The summed E-state index contributed by atoms with van der Waals surface area (Å²) in [5, 5.41) is 13.9. The Morgan fingerprint density at radius 3 is 1.17 bits per heavy atom. The van der Waals surface area contributed by atoms with Crippen LogP contribution in [0.5, 0.6) is 0 Å². The van der Waals surface area contributed by atoms with Crippen molar-refractivity contribution in [2.75, 3.05) is 0 Å². The molecule has 0 unspecified atom stereocenters. The Hall–Kier alpha value is -1.08. The largest absolute Gasteiger partial charge is 0.503 e. The molecule has 0 aromatic rings. The van der Waals surface area contributed by atoms with E-state index in [0.29, 0.717) is 0 Å². The van der Waals surface area contributed by atoms with Crippen molar-refractivity contribution in [3.05, 3.63) is 0 Å². The molecule has 3 nitrogen and oxygen atoms in total. The second-order valence-electron chi connectivity index (χ2n) is 1.67. The summed E-state index contributed by atoms with van der Waals surface area (Å²) in [6.07, 6.45) is -7.23. The van der Waals surface area contributed by atoms with Gasteiger partial charge in [0.25, 0.3) is 0 Å². The van der Waals surface area contributed by atoms with Crippen molar-refractivity contribution < 1.29 is 37.0 Å². The van der Waals surface area contributed by atoms with Gasteiger partial charge in [0, 0.05) is 6.92 Å². The van der Waals surface area contributed by atoms with Crippen LogP contribution in [0.25, 0.3) is 0 Å². The van der Waals surface area contributed by atoms with E-state index < -0.39 is 18.3 Å². The normalized spacial score (nSPS) is 11.5. The maximum atomic E-state index is 11.1. The summed E-state index contributed by atoms with van der Waals surface area (Å²) in [7, 11) is 0. The zero-order chi connectivity index (χ0) is 10.6. The minimum atomic E-state index is -5.40. The van der Waals surface area contributed by atoms with Crippen LogP contribution < -0.4 is 0 Å². The molecule has 0 saturated carbocycles. The number of rotatable bonds is 0. The van der Waals surface area contributed by atoms with E-state index in [1.54, 1.807) is 0 Å². The van der Waals surface area contributed by atoms with E-state index in [9.17, 15) is 22.0 Å². The Balaban J connectivity index is 0. The van der Waals surface area contributed by atoms with E-state index in [2.05, 4.69) is 0 Å². The standard InChI is InChI=1S/C3H3F5.CH2O3/c1-2(4,5)3(6,7)8;2-1(3)4/h1H3;(H2,2,3,4). The van der Waals surface area contributed by atoms with Gasteiger partial charge in [0.2, 0.25) is 0 Å². The fourth-order valence-electron chi connectivity index (χ4n) is 0. The third-order valence-corrected chi connectivity index (χ3v) is 0.498. The molecule has 0 aliphatic carbocycles. The van der Waals surface area contributed by atoms with Crippen molar-refractivity contribution in [3.8, 4) is 0 Å². The highest BCUT2D eigenvalue weighted by atomic mass is 19.4. The Morgan fingerprint density at radius 1 is 1.08 bits per heavy atom. The summed E-state index contributed by atoms with van der Waals surface area (Å²) in [4.78, 5) is 8.56. The molecule has 0 bridgehead atoms. The summed E-state index contributed by atoms with van der Waals surface area (Å²) < 4.78 is 54.6. The van der Waals surface area contributed by atoms with Crippen molar-refractivity contribution in [3.63, 3.8) is 0 Å². The fraction of sp³-hybridized carbons (Fsp3) is 0.750. The van der Waals surface area contributed by atoms with Crippen LogP contribution in [0.15, 0.2) is 0 Å². The first kappa shape index (κ1) is 13.5. The lowest BCUT2D eigenvalue weighted by atomic mass is 10.4. The molecule has 0 aromatic carbocycles. The van der Waals surface area contributed by atoms with E-state index >= 15 is 0 Å². The van der Waals surface area contributed by atoms with Gasteiger partial charge < -0.3 is 10.2 Å². The summed E-state index contributed by atoms with van der Waals surface area (Å²) in [6.45, 7) is -0.188. The lowest BCUT2D eigenvalue weighted by Crippen LogP contribution is -2.32.